The summed E-state index contributed by atoms with van der Waals surface area (Å²) in [6.07, 6.45) is 7.14. The number of fused-ring (bicyclic) bond motifs is 1. The molecule has 3 aliphatic rings. The van der Waals surface area contributed by atoms with Crippen LogP contribution in [0.25, 0.3) is 10.9 Å². The Bertz CT molecular complexity index is 1450. The first-order chi connectivity index (χ1) is 21.1. The highest BCUT2D eigenvalue weighted by molar-refractivity contribution is 6.06. The fourth-order valence-electron chi connectivity index (χ4n) is 7.37. The predicted molar refractivity (Wildman–Crippen MR) is 171 cm³/mol. The van der Waals surface area contributed by atoms with Crippen molar-refractivity contribution in [2.45, 2.75) is 70.9 Å². The maximum absolute atomic E-state index is 14.1. The molecule has 0 bridgehead atoms. The van der Waals surface area contributed by atoms with Crippen molar-refractivity contribution in [1.29, 1.82) is 0 Å². The molecule has 1 N–H and O–H groups in total. The Morgan fingerprint density at radius 2 is 1.73 bits per heavy atom. The number of carbonyl (C=O) groups is 2. The van der Waals surface area contributed by atoms with Crippen molar-refractivity contribution in [2.75, 3.05) is 39.3 Å². The first-order valence-corrected chi connectivity index (χ1v) is 16.5. The number of carbonyl (C=O) groups excluding carboxylic acids is 2. The predicted octanol–water partition coefficient (Wildman–Crippen LogP) is 6.67. The molecule has 2 atom stereocenters. The van der Waals surface area contributed by atoms with E-state index in [1.165, 1.54) is 18.4 Å². The van der Waals surface area contributed by atoms with E-state index in [1.54, 1.807) is 12.1 Å². The van der Waals surface area contributed by atoms with E-state index in [-0.39, 0.29) is 11.7 Å². The van der Waals surface area contributed by atoms with Crippen molar-refractivity contribution in [3.05, 3.63) is 71.7 Å². The molecule has 8 heteroatoms. The summed E-state index contributed by atoms with van der Waals surface area (Å²) in [6, 6.07) is 15.1. The minimum Gasteiger partial charge on any atom is -0.444 e. The standard InChI is InChI=1S/C36H47FN4O3/c1-36(2,3)44-35(43)38-17-5-18-40-21-16-28-6-4-7-31(33(28)40)34(42)41-23-29(32(24-41)27-8-9-27)22-39-19-14-26(15-20-39)25-10-12-30(37)13-11-25/h4,6-7,10-13,16,21,26-27,29,32H,5,8-9,14-15,17-20,22-24H2,1-3H3,(H,38,43)/t29-,32+/m1/s1. The Morgan fingerprint density at radius 1 is 0.977 bits per heavy atom. The number of amides is 2. The summed E-state index contributed by atoms with van der Waals surface area (Å²) < 4.78 is 20.9. The minimum absolute atomic E-state index is 0.130. The molecule has 0 spiro atoms. The van der Waals surface area contributed by atoms with Crippen LogP contribution in [-0.4, -0.2) is 71.2 Å². The van der Waals surface area contributed by atoms with Gasteiger partial charge >= 0.3 is 6.09 Å². The van der Waals surface area contributed by atoms with E-state index in [4.69, 9.17) is 4.74 Å². The Balaban J connectivity index is 1.07. The molecule has 3 heterocycles. The molecule has 7 nitrogen and oxygen atoms in total. The summed E-state index contributed by atoms with van der Waals surface area (Å²) in [5, 5.41) is 3.90. The first kappa shape index (κ1) is 30.6. The largest absolute Gasteiger partial charge is 0.444 e. The van der Waals surface area contributed by atoms with Gasteiger partial charge in [-0.1, -0.05) is 24.3 Å². The third-order valence-corrected chi connectivity index (χ3v) is 9.69. The average Bonchev–Trinajstić information content (AvgIpc) is 3.62. The minimum atomic E-state index is -0.523. The number of hydrogen-bond acceptors (Lipinski definition) is 4. The summed E-state index contributed by atoms with van der Waals surface area (Å²) in [4.78, 5) is 30.9. The van der Waals surface area contributed by atoms with Crippen molar-refractivity contribution in [1.82, 2.24) is 19.7 Å². The maximum atomic E-state index is 14.1. The van der Waals surface area contributed by atoms with Gasteiger partial charge in [0.15, 0.2) is 0 Å². The van der Waals surface area contributed by atoms with Crippen LogP contribution in [0.1, 0.15) is 74.7 Å². The molecule has 0 unspecified atom stereocenters. The number of nitrogens with one attached hydrogen (secondary N) is 1. The average molecular weight is 603 g/mol. The molecular weight excluding hydrogens is 555 g/mol. The number of halogens is 1. The second-order valence-electron chi connectivity index (χ2n) is 14.1. The van der Waals surface area contributed by atoms with Gasteiger partial charge in [-0.2, -0.15) is 0 Å². The number of benzene rings is 2. The number of ether oxygens (including phenoxy) is 1. The van der Waals surface area contributed by atoms with Gasteiger partial charge < -0.3 is 24.4 Å². The van der Waals surface area contributed by atoms with E-state index < -0.39 is 11.7 Å². The number of aromatic nitrogens is 1. The lowest BCUT2D eigenvalue weighted by Crippen LogP contribution is -2.39. The number of alkyl carbamates (subject to hydrolysis) is 1. The highest BCUT2D eigenvalue weighted by Crippen LogP contribution is 2.45. The molecule has 6 rings (SSSR count). The van der Waals surface area contributed by atoms with Crippen molar-refractivity contribution >= 4 is 22.9 Å². The van der Waals surface area contributed by atoms with Crippen LogP contribution in [0.4, 0.5) is 9.18 Å². The van der Waals surface area contributed by atoms with E-state index in [1.807, 2.05) is 51.2 Å². The molecule has 0 radical (unpaired) electrons. The molecule has 1 aromatic heterocycles. The van der Waals surface area contributed by atoms with Crippen molar-refractivity contribution in [3.8, 4) is 0 Å². The monoisotopic (exact) mass is 602 g/mol. The number of likely N-dealkylation sites (tertiary alicyclic amines) is 2. The zero-order chi connectivity index (χ0) is 30.8. The van der Waals surface area contributed by atoms with Crippen LogP contribution in [0.2, 0.25) is 0 Å². The number of nitrogens with zero attached hydrogens (tertiary/aromatic N) is 3. The van der Waals surface area contributed by atoms with Gasteiger partial charge in [0.25, 0.3) is 5.91 Å². The maximum Gasteiger partial charge on any atom is 0.407 e. The van der Waals surface area contributed by atoms with Gasteiger partial charge in [-0.25, -0.2) is 9.18 Å². The lowest BCUT2D eigenvalue weighted by atomic mass is 9.87. The van der Waals surface area contributed by atoms with E-state index in [9.17, 15) is 14.0 Å². The van der Waals surface area contributed by atoms with Crippen LogP contribution >= 0.6 is 0 Å². The van der Waals surface area contributed by atoms with Crippen LogP contribution in [0.15, 0.2) is 54.7 Å². The number of para-hydroxylation sites is 1. The molecule has 2 amide bonds. The summed E-state index contributed by atoms with van der Waals surface area (Å²) >= 11 is 0. The molecule has 3 aromatic rings. The number of hydrogen-bond donors (Lipinski definition) is 1. The van der Waals surface area contributed by atoms with Gasteiger partial charge in [-0.3, -0.25) is 4.79 Å². The summed E-state index contributed by atoms with van der Waals surface area (Å²) in [7, 11) is 0. The van der Waals surface area contributed by atoms with Gasteiger partial charge in [0, 0.05) is 44.3 Å². The lowest BCUT2D eigenvalue weighted by molar-refractivity contribution is 0.0526. The third kappa shape index (κ3) is 7.28. The highest BCUT2D eigenvalue weighted by Gasteiger charge is 2.44. The summed E-state index contributed by atoms with van der Waals surface area (Å²) in [5.41, 5.74) is 2.47. The zero-order valence-corrected chi connectivity index (χ0v) is 26.4. The second-order valence-corrected chi connectivity index (χ2v) is 14.1. The second kappa shape index (κ2) is 12.9. The molecule has 2 aliphatic heterocycles. The quantitative estimate of drug-likeness (QED) is 0.278. The zero-order valence-electron chi connectivity index (χ0n) is 26.4. The van der Waals surface area contributed by atoms with Crippen LogP contribution < -0.4 is 5.32 Å². The van der Waals surface area contributed by atoms with E-state index in [2.05, 4.69) is 31.8 Å². The van der Waals surface area contributed by atoms with E-state index in [0.29, 0.717) is 30.8 Å². The van der Waals surface area contributed by atoms with Crippen molar-refractivity contribution in [3.63, 3.8) is 0 Å². The van der Waals surface area contributed by atoms with Crippen molar-refractivity contribution in [2.24, 2.45) is 17.8 Å². The van der Waals surface area contributed by atoms with E-state index in [0.717, 1.165) is 74.4 Å². The smallest absolute Gasteiger partial charge is 0.407 e. The highest BCUT2D eigenvalue weighted by atomic mass is 19.1. The molecule has 3 fully saturated rings. The fraction of sp³-hybridized carbons (Fsp3) is 0.556. The molecular formula is C36H47FN4O3. The fourth-order valence-corrected chi connectivity index (χ4v) is 7.37. The Hall–Kier alpha value is -3.39. The summed E-state index contributed by atoms with van der Waals surface area (Å²) in [5.74, 6) is 2.27. The SMILES string of the molecule is CC(C)(C)OC(=O)NCCCn1ccc2cccc(C(=O)N3C[C@@H](CN4CCC(c5ccc(F)cc5)CC4)[C@H](C4CC4)C3)c21. The third-order valence-electron chi connectivity index (χ3n) is 9.69. The molecule has 1 aliphatic carbocycles. The Labute approximate surface area is 260 Å². The van der Waals surface area contributed by atoms with Gasteiger partial charge in [-0.15, -0.1) is 0 Å². The normalized spacial score (nSPS) is 21.6. The lowest BCUT2D eigenvalue weighted by Gasteiger charge is -2.34. The van der Waals surface area contributed by atoms with Crippen LogP contribution in [0.3, 0.4) is 0 Å². The van der Waals surface area contributed by atoms with Gasteiger partial charge in [0.2, 0.25) is 0 Å². The molecule has 1 saturated carbocycles. The molecule has 2 saturated heterocycles. The van der Waals surface area contributed by atoms with Gasteiger partial charge in [0.05, 0.1) is 11.1 Å². The van der Waals surface area contributed by atoms with Gasteiger partial charge in [0.1, 0.15) is 11.4 Å². The van der Waals surface area contributed by atoms with E-state index >= 15 is 0 Å². The van der Waals surface area contributed by atoms with Crippen LogP contribution in [0.5, 0.6) is 0 Å². The van der Waals surface area contributed by atoms with Crippen LogP contribution in [0, 0.1) is 23.6 Å². The first-order valence-electron chi connectivity index (χ1n) is 16.5. The Kier molecular flexibility index (Phi) is 8.99. The van der Waals surface area contributed by atoms with Gasteiger partial charge in [-0.05, 0) is 119 Å². The topological polar surface area (TPSA) is 66.8 Å². The molecule has 236 valence electrons. The number of piperidine rings is 1. The number of rotatable bonds is 9. The molecule has 44 heavy (non-hydrogen) atoms. The summed E-state index contributed by atoms with van der Waals surface area (Å²) in [6.45, 7) is 11.6. The number of aryl methyl sites for hydroxylation is 1. The molecule has 2 aromatic carbocycles. The Morgan fingerprint density at radius 3 is 2.43 bits per heavy atom. The van der Waals surface area contributed by atoms with Crippen molar-refractivity contribution < 1.29 is 18.7 Å². The van der Waals surface area contributed by atoms with Crippen LogP contribution in [-0.2, 0) is 11.3 Å².